The molecule has 0 aromatic heterocycles. The van der Waals surface area contributed by atoms with E-state index < -0.39 is 0 Å². The predicted octanol–water partition coefficient (Wildman–Crippen LogP) is 3.73. The van der Waals surface area contributed by atoms with Gasteiger partial charge in [-0.05, 0) is 30.3 Å². The molecule has 86 valence electrons. The standard InChI is InChI=1S/C12H14Cl2N2/c1-2-16(7-3-6-15)9-10-8-11(13)4-5-12(10)14/h4-5,8H,2-3,7,9H2,1H3. The summed E-state index contributed by atoms with van der Waals surface area (Å²) in [5, 5.41) is 9.96. The molecule has 0 unspecified atom stereocenters. The quantitative estimate of drug-likeness (QED) is 0.803. The summed E-state index contributed by atoms with van der Waals surface area (Å²) in [6.45, 7) is 4.45. The predicted molar refractivity (Wildman–Crippen MR) is 67.6 cm³/mol. The van der Waals surface area contributed by atoms with Gasteiger partial charge in [0.25, 0.3) is 0 Å². The molecule has 0 radical (unpaired) electrons. The monoisotopic (exact) mass is 256 g/mol. The molecule has 1 aromatic carbocycles. The third kappa shape index (κ3) is 4.02. The SMILES string of the molecule is CCN(CCC#N)Cc1cc(Cl)ccc1Cl. The first-order chi connectivity index (χ1) is 7.67. The fourth-order valence-electron chi connectivity index (χ4n) is 1.46. The third-order valence-electron chi connectivity index (χ3n) is 2.39. The van der Waals surface area contributed by atoms with E-state index in [1.54, 1.807) is 12.1 Å². The molecule has 0 bridgehead atoms. The first-order valence-electron chi connectivity index (χ1n) is 5.20. The topological polar surface area (TPSA) is 27.0 Å². The zero-order valence-corrected chi connectivity index (χ0v) is 10.7. The molecule has 1 aromatic rings. The van der Waals surface area contributed by atoms with Crippen LogP contribution in [-0.2, 0) is 6.54 Å². The van der Waals surface area contributed by atoms with E-state index in [1.165, 1.54) is 0 Å². The van der Waals surface area contributed by atoms with Crippen LogP contribution in [-0.4, -0.2) is 18.0 Å². The van der Waals surface area contributed by atoms with E-state index >= 15 is 0 Å². The second-order valence-electron chi connectivity index (χ2n) is 3.51. The van der Waals surface area contributed by atoms with Gasteiger partial charge in [-0.1, -0.05) is 30.1 Å². The van der Waals surface area contributed by atoms with E-state index in [2.05, 4.69) is 17.9 Å². The van der Waals surface area contributed by atoms with Crippen molar-refractivity contribution in [1.29, 1.82) is 5.26 Å². The van der Waals surface area contributed by atoms with Crippen LogP contribution in [0.1, 0.15) is 18.9 Å². The van der Waals surface area contributed by atoms with Gasteiger partial charge in [-0.3, -0.25) is 4.90 Å². The number of halogens is 2. The Kier molecular flexibility index (Phi) is 5.62. The summed E-state index contributed by atoms with van der Waals surface area (Å²) in [7, 11) is 0. The van der Waals surface area contributed by atoms with E-state index in [-0.39, 0.29) is 0 Å². The summed E-state index contributed by atoms with van der Waals surface area (Å²) < 4.78 is 0. The summed E-state index contributed by atoms with van der Waals surface area (Å²) in [5.74, 6) is 0. The third-order valence-corrected chi connectivity index (χ3v) is 2.99. The van der Waals surface area contributed by atoms with Crippen LogP contribution in [0.5, 0.6) is 0 Å². The van der Waals surface area contributed by atoms with Crippen molar-refractivity contribution in [3.05, 3.63) is 33.8 Å². The van der Waals surface area contributed by atoms with Crippen molar-refractivity contribution in [1.82, 2.24) is 4.90 Å². The minimum absolute atomic E-state index is 0.534. The zero-order valence-electron chi connectivity index (χ0n) is 9.21. The Hall–Kier alpha value is -0.750. The molecule has 0 saturated heterocycles. The number of nitrogens with zero attached hydrogens (tertiary/aromatic N) is 2. The van der Waals surface area contributed by atoms with Crippen molar-refractivity contribution in [3.63, 3.8) is 0 Å². The Morgan fingerprint density at radius 1 is 1.38 bits per heavy atom. The molecule has 1 rings (SSSR count). The van der Waals surface area contributed by atoms with Crippen LogP contribution in [0.15, 0.2) is 18.2 Å². The summed E-state index contributed by atoms with van der Waals surface area (Å²) in [4.78, 5) is 2.17. The Balaban J connectivity index is 2.70. The van der Waals surface area contributed by atoms with Crippen LogP contribution < -0.4 is 0 Å². The second-order valence-corrected chi connectivity index (χ2v) is 4.36. The highest BCUT2D eigenvalue weighted by molar-refractivity contribution is 6.33. The van der Waals surface area contributed by atoms with Crippen molar-refractivity contribution in [2.45, 2.75) is 19.9 Å². The smallest absolute Gasteiger partial charge is 0.0635 e. The Bertz CT molecular complexity index is 385. The van der Waals surface area contributed by atoms with Gasteiger partial charge in [0.15, 0.2) is 0 Å². The van der Waals surface area contributed by atoms with Gasteiger partial charge in [0.1, 0.15) is 0 Å². The Labute approximate surface area is 106 Å². The maximum absolute atomic E-state index is 8.55. The first kappa shape index (κ1) is 13.3. The van der Waals surface area contributed by atoms with Crippen molar-refractivity contribution in [2.75, 3.05) is 13.1 Å². The molecule has 0 fully saturated rings. The molecule has 16 heavy (non-hydrogen) atoms. The molecule has 0 aliphatic heterocycles. The van der Waals surface area contributed by atoms with Crippen molar-refractivity contribution in [3.8, 4) is 6.07 Å². The van der Waals surface area contributed by atoms with E-state index in [0.717, 1.165) is 30.2 Å². The van der Waals surface area contributed by atoms with Gasteiger partial charge < -0.3 is 0 Å². The normalized spacial score (nSPS) is 10.4. The molecule has 0 atom stereocenters. The van der Waals surface area contributed by atoms with Gasteiger partial charge in [0.05, 0.1) is 6.07 Å². The van der Waals surface area contributed by atoms with E-state index in [1.807, 2.05) is 6.07 Å². The van der Waals surface area contributed by atoms with Crippen molar-refractivity contribution >= 4 is 23.2 Å². The van der Waals surface area contributed by atoms with Gasteiger partial charge >= 0.3 is 0 Å². The lowest BCUT2D eigenvalue weighted by Crippen LogP contribution is -2.23. The molecule has 4 heteroatoms. The molecule has 0 amide bonds. The van der Waals surface area contributed by atoms with Gasteiger partial charge in [-0.25, -0.2) is 0 Å². The summed E-state index contributed by atoms with van der Waals surface area (Å²) in [5.41, 5.74) is 1.01. The molecular weight excluding hydrogens is 243 g/mol. The second kappa shape index (κ2) is 6.75. The maximum atomic E-state index is 8.55. The molecule has 0 N–H and O–H groups in total. The molecule has 0 spiro atoms. The van der Waals surface area contributed by atoms with Gasteiger partial charge in [-0.2, -0.15) is 5.26 Å². The summed E-state index contributed by atoms with van der Waals surface area (Å²) in [6, 6.07) is 7.60. The molecule has 0 aliphatic carbocycles. The van der Waals surface area contributed by atoms with Crippen LogP contribution in [0.2, 0.25) is 10.0 Å². The van der Waals surface area contributed by atoms with Crippen LogP contribution in [0.3, 0.4) is 0 Å². The van der Waals surface area contributed by atoms with Crippen LogP contribution in [0.4, 0.5) is 0 Å². The number of hydrogen-bond donors (Lipinski definition) is 0. The Morgan fingerprint density at radius 2 is 2.12 bits per heavy atom. The minimum Gasteiger partial charge on any atom is -0.298 e. The lowest BCUT2D eigenvalue weighted by molar-refractivity contribution is 0.287. The maximum Gasteiger partial charge on any atom is 0.0635 e. The number of rotatable bonds is 5. The fourth-order valence-corrected chi connectivity index (χ4v) is 1.83. The van der Waals surface area contributed by atoms with Crippen molar-refractivity contribution < 1.29 is 0 Å². The van der Waals surface area contributed by atoms with Crippen LogP contribution in [0, 0.1) is 11.3 Å². The lowest BCUT2D eigenvalue weighted by Gasteiger charge is -2.19. The number of nitriles is 1. The highest BCUT2D eigenvalue weighted by Gasteiger charge is 2.07. The first-order valence-corrected chi connectivity index (χ1v) is 5.96. The highest BCUT2D eigenvalue weighted by Crippen LogP contribution is 2.22. The minimum atomic E-state index is 0.534. The van der Waals surface area contributed by atoms with E-state index in [4.69, 9.17) is 28.5 Å². The van der Waals surface area contributed by atoms with E-state index in [0.29, 0.717) is 11.4 Å². The average Bonchev–Trinajstić information content (AvgIpc) is 2.28. The van der Waals surface area contributed by atoms with Crippen LogP contribution in [0.25, 0.3) is 0 Å². The lowest BCUT2D eigenvalue weighted by atomic mass is 10.2. The van der Waals surface area contributed by atoms with Gasteiger partial charge in [0, 0.05) is 29.6 Å². The molecule has 0 saturated carbocycles. The summed E-state index contributed by atoms with van der Waals surface area (Å²) in [6.07, 6.45) is 0.534. The number of benzene rings is 1. The van der Waals surface area contributed by atoms with Gasteiger partial charge in [-0.15, -0.1) is 0 Å². The molecule has 2 nitrogen and oxygen atoms in total. The molecular formula is C12H14Cl2N2. The van der Waals surface area contributed by atoms with E-state index in [9.17, 15) is 0 Å². The Morgan fingerprint density at radius 3 is 2.75 bits per heavy atom. The molecule has 0 aliphatic rings. The fraction of sp³-hybridized carbons (Fsp3) is 0.417. The highest BCUT2D eigenvalue weighted by atomic mass is 35.5. The number of hydrogen-bond acceptors (Lipinski definition) is 2. The zero-order chi connectivity index (χ0) is 12.0. The molecule has 0 heterocycles. The van der Waals surface area contributed by atoms with Crippen molar-refractivity contribution in [2.24, 2.45) is 0 Å². The van der Waals surface area contributed by atoms with Crippen LogP contribution >= 0.6 is 23.2 Å². The largest absolute Gasteiger partial charge is 0.298 e. The average molecular weight is 257 g/mol. The summed E-state index contributed by atoms with van der Waals surface area (Å²) >= 11 is 12.0. The van der Waals surface area contributed by atoms with Gasteiger partial charge in [0.2, 0.25) is 0 Å².